The van der Waals surface area contributed by atoms with Crippen LogP contribution in [0.15, 0.2) is 12.1 Å². The SMILES string of the molecule is O=C(c1cc(F)c(Cl)cc1F)N1CCOC(CCl)C1. The number of halogens is 4. The third-order valence-corrected chi connectivity index (χ3v) is 3.47. The Morgan fingerprint density at radius 1 is 1.42 bits per heavy atom. The molecule has 1 heterocycles. The molecule has 1 atom stereocenters. The summed E-state index contributed by atoms with van der Waals surface area (Å²) in [5.74, 6) is -2.02. The van der Waals surface area contributed by atoms with Crippen LogP contribution in [0.5, 0.6) is 0 Å². The lowest BCUT2D eigenvalue weighted by atomic mass is 10.1. The predicted molar refractivity (Wildman–Crippen MR) is 67.7 cm³/mol. The van der Waals surface area contributed by atoms with Crippen molar-refractivity contribution in [2.45, 2.75) is 6.10 Å². The smallest absolute Gasteiger partial charge is 0.257 e. The van der Waals surface area contributed by atoms with Crippen LogP contribution in [-0.4, -0.2) is 42.5 Å². The van der Waals surface area contributed by atoms with Gasteiger partial charge in [0.1, 0.15) is 11.6 Å². The molecule has 1 aliphatic rings. The Hall–Kier alpha value is -0.910. The monoisotopic (exact) mass is 309 g/mol. The molecule has 0 saturated carbocycles. The zero-order valence-electron chi connectivity index (χ0n) is 9.84. The van der Waals surface area contributed by atoms with Crippen LogP contribution in [0, 0.1) is 11.6 Å². The first kappa shape index (κ1) is 14.5. The second kappa shape index (κ2) is 6.03. The van der Waals surface area contributed by atoms with Crippen molar-refractivity contribution >= 4 is 29.1 Å². The van der Waals surface area contributed by atoms with Crippen molar-refractivity contribution in [3.63, 3.8) is 0 Å². The van der Waals surface area contributed by atoms with Crippen molar-refractivity contribution < 1.29 is 18.3 Å². The van der Waals surface area contributed by atoms with E-state index in [0.717, 1.165) is 12.1 Å². The minimum absolute atomic E-state index is 0.237. The maximum atomic E-state index is 13.7. The summed E-state index contributed by atoms with van der Waals surface area (Å²) in [5, 5.41) is -0.352. The van der Waals surface area contributed by atoms with E-state index in [0.29, 0.717) is 13.2 Å². The highest BCUT2D eigenvalue weighted by molar-refractivity contribution is 6.30. The molecular formula is C12H11Cl2F2NO2. The Labute approximate surface area is 119 Å². The molecule has 0 bridgehead atoms. The van der Waals surface area contributed by atoms with Gasteiger partial charge >= 0.3 is 0 Å². The van der Waals surface area contributed by atoms with Crippen molar-refractivity contribution in [2.75, 3.05) is 25.6 Å². The fourth-order valence-corrected chi connectivity index (χ4v) is 2.19. The molecule has 1 saturated heterocycles. The fraction of sp³-hybridized carbons (Fsp3) is 0.417. The van der Waals surface area contributed by atoms with Gasteiger partial charge in [-0.25, -0.2) is 8.78 Å². The normalized spacial score (nSPS) is 19.6. The van der Waals surface area contributed by atoms with E-state index < -0.39 is 17.5 Å². The molecule has 1 aliphatic heterocycles. The van der Waals surface area contributed by atoms with E-state index in [-0.39, 0.29) is 29.1 Å². The van der Waals surface area contributed by atoms with Crippen molar-refractivity contribution in [2.24, 2.45) is 0 Å². The molecule has 1 amide bonds. The maximum Gasteiger partial charge on any atom is 0.257 e. The van der Waals surface area contributed by atoms with Gasteiger partial charge in [-0.15, -0.1) is 11.6 Å². The topological polar surface area (TPSA) is 29.5 Å². The third-order valence-electron chi connectivity index (χ3n) is 2.84. The van der Waals surface area contributed by atoms with Crippen molar-refractivity contribution in [1.82, 2.24) is 4.90 Å². The van der Waals surface area contributed by atoms with E-state index in [9.17, 15) is 13.6 Å². The minimum atomic E-state index is -0.842. The van der Waals surface area contributed by atoms with Crippen molar-refractivity contribution in [3.8, 4) is 0 Å². The first-order valence-corrected chi connectivity index (χ1v) is 6.55. The molecule has 19 heavy (non-hydrogen) atoms. The number of carbonyl (C=O) groups excluding carboxylic acids is 1. The fourth-order valence-electron chi connectivity index (χ4n) is 1.85. The average molecular weight is 310 g/mol. The van der Waals surface area contributed by atoms with E-state index in [1.807, 2.05) is 0 Å². The average Bonchev–Trinajstić information content (AvgIpc) is 2.42. The lowest BCUT2D eigenvalue weighted by Gasteiger charge is -2.32. The van der Waals surface area contributed by atoms with Gasteiger partial charge in [0.05, 0.1) is 29.2 Å². The van der Waals surface area contributed by atoms with Crippen LogP contribution >= 0.6 is 23.2 Å². The van der Waals surface area contributed by atoms with Gasteiger partial charge in [-0.05, 0) is 12.1 Å². The molecule has 1 unspecified atom stereocenters. The van der Waals surface area contributed by atoms with E-state index in [1.54, 1.807) is 0 Å². The Morgan fingerprint density at radius 3 is 2.84 bits per heavy atom. The number of carbonyl (C=O) groups is 1. The summed E-state index contributed by atoms with van der Waals surface area (Å²) in [4.78, 5) is 13.5. The molecule has 1 aromatic carbocycles. The quantitative estimate of drug-likeness (QED) is 0.621. The van der Waals surface area contributed by atoms with E-state index in [2.05, 4.69) is 0 Å². The summed E-state index contributed by atoms with van der Waals surface area (Å²) in [6, 6.07) is 1.61. The molecule has 0 radical (unpaired) electrons. The van der Waals surface area contributed by atoms with Gasteiger partial charge in [-0.2, -0.15) is 0 Å². The number of rotatable bonds is 2. The van der Waals surface area contributed by atoms with Crippen molar-refractivity contribution in [3.05, 3.63) is 34.4 Å². The third kappa shape index (κ3) is 3.16. The van der Waals surface area contributed by atoms with Gasteiger partial charge in [0, 0.05) is 13.1 Å². The summed E-state index contributed by atoms with van der Waals surface area (Å²) in [6.07, 6.45) is -0.292. The molecule has 0 aliphatic carbocycles. The lowest BCUT2D eigenvalue weighted by Crippen LogP contribution is -2.46. The standard InChI is InChI=1S/C12H11Cl2F2NO2/c13-5-7-6-17(1-2-19-7)12(18)8-3-11(16)9(14)4-10(8)15/h3-4,7H,1-2,5-6H2. The van der Waals surface area contributed by atoms with Gasteiger partial charge < -0.3 is 9.64 Å². The van der Waals surface area contributed by atoms with Crippen LogP contribution < -0.4 is 0 Å². The Morgan fingerprint density at radius 2 is 2.16 bits per heavy atom. The highest BCUT2D eigenvalue weighted by Crippen LogP contribution is 2.21. The summed E-state index contributed by atoms with van der Waals surface area (Å²) >= 11 is 11.1. The Balaban J connectivity index is 2.22. The molecule has 104 valence electrons. The summed E-state index contributed by atoms with van der Waals surface area (Å²) < 4.78 is 32.3. The van der Waals surface area contributed by atoms with Gasteiger partial charge in [0.15, 0.2) is 0 Å². The van der Waals surface area contributed by atoms with E-state index in [1.165, 1.54) is 4.90 Å². The van der Waals surface area contributed by atoms with Gasteiger partial charge in [-0.3, -0.25) is 4.79 Å². The van der Waals surface area contributed by atoms with Crippen LogP contribution in [0.3, 0.4) is 0 Å². The molecular weight excluding hydrogens is 299 g/mol. The molecule has 7 heteroatoms. The van der Waals surface area contributed by atoms with Crippen molar-refractivity contribution in [1.29, 1.82) is 0 Å². The number of benzene rings is 1. The van der Waals surface area contributed by atoms with Gasteiger partial charge in [0.25, 0.3) is 5.91 Å². The molecule has 0 aromatic heterocycles. The van der Waals surface area contributed by atoms with E-state index in [4.69, 9.17) is 27.9 Å². The molecule has 2 rings (SSSR count). The van der Waals surface area contributed by atoms with Crippen LogP contribution in [0.25, 0.3) is 0 Å². The minimum Gasteiger partial charge on any atom is -0.373 e. The number of amides is 1. The number of alkyl halides is 1. The Kier molecular flexibility index (Phi) is 4.60. The summed E-state index contributed by atoms with van der Waals surface area (Å²) in [6.45, 7) is 0.892. The van der Waals surface area contributed by atoms with Gasteiger partial charge in [0.2, 0.25) is 0 Å². The first-order valence-electron chi connectivity index (χ1n) is 5.64. The van der Waals surface area contributed by atoms with Crippen LogP contribution in [0.2, 0.25) is 5.02 Å². The number of hydrogen-bond acceptors (Lipinski definition) is 2. The number of ether oxygens (including phenoxy) is 1. The second-order valence-corrected chi connectivity index (χ2v) is 4.86. The lowest BCUT2D eigenvalue weighted by molar-refractivity contribution is -0.0109. The molecule has 3 nitrogen and oxygen atoms in total. The summed E-state index contributed by atoms with van der Waals surface area (Å²) in [5.41, 5.74) is -0.336. The zero-order chi connectivity index (χ0) is 14.0. The number of hydrogen-bond donors (Lipinski definition) is 0. The number of nitrogens with zero attached hydrogens (tertiary/aromatic N) is 1. The predicted octanol–water partition coefficient (Wildman–Crippen LogP) is 2.70. The largest absolute Gasteiger partial charge is 0.373 e. The van der Waals surface area contributed by atoms with Crippen LogP contribution in [0.1, 0.15) is 10.4 Å². The Bertz CT molecular complexity index is 499. The second-order valence-electron chi connectivity index (χ2n) is 4.14. The highest BCUT2D eigenvalue weighted by atomic mass is 35.5. The van der Waals surface area contributed by atoms with Crippen LogP contribution in [-0.2, 0) is 4.74 Å². The van der Waals surface area contributed by atoms with E-state index >= 15 is 0 Å². The van der Waals surface area contributed by atoms with Crippen LogP contribution in [0.4, 0.5) is 8.78 Å². The molecule has 1 fully saturated rings. The van der Waals surface area contributed by atoms with Gasteiger partial charge in [-0.1, -0.05) is 11.6 Å². The molecule has 1 aromatic rings. The maximum absolute atomic E-state index is 13.7. The zero-order valence-corrected chi connectivity index (χ0v) is 11.3. The first-order chi connectivity index (χ1) is 9.02. The highest BCUT2D eigenvalue weighted by Gasteiger charge is 2.26. The number of morpholine rings is 1. The summed E-state index contributed by atoms with van der Waals surface area (Å²) in [7, 11) is 0. The molecule has 0 spiro atoms. The molecule has 0 N–H and O–H groups in total.